The van der Waals surface area contributed by atoms with E-state index in [-0.39, 0.29) is 0 Å². The molecule has 86 valence electrons. The molecular formula is C15H8ClNS. The lowest BCUT2D eigenvalue weighted by atomic mass is 10.1. The van der Waals surface area contributed by atoms with Gasteiger partial charge in [-0.2, -0.15) is 0 Å². The highest BCUT2D eigenvalue weighted by molar-refractivity contribution is 7.25. The number of aromatic nitrogens is 1. The van der Waals surface area contributed by atoms with Crippen molar-refractivity contribution in [2.24, 2.45) is 0 Å². The van der Waals surface area contributed by atoms with Gasteiger partial charge in [-0.1, -0.05) is 29.8 Å². The minimum atomic E-state index is 0.773. The summed E-state index contributed by atoms with van der Waals surface area (Å²) in [6.07, 6.45) is 0. The molecule has 1 nitrogen and oxygen atoms in total. The van der Waals surface area contributed by atoms with Gasteiger partial charge in [-0.15, -0.1) is 11.3 Å². The Bertz CT molecular complexity index is 895. The molecule has 0 fully saturated rings. The molecule has 0 unspecified atom stereocenters. The fourth-order valence-electron chi connectivity index (χ4n) is 2.27. The summed E-state index contributed by atoms with van der Waals surface area (Å²) in [4.78, 5) is 5.79. The largest absolute Gasteiger partial charge is 0.237 e. The Morgan fingerprint density at radius 2 is 1.83 bits per heavy atom. The van der Waals surface area contributed by atoms with Crippen LogP contribution in [0.25, 0.3) is 31.2 Å². The van der Waals surface area contributed by atoms with E-state index in [1.54, 1.807) is 11.3 Å². The minimum absolute atomic E-state index is 0.773. The summed E-state index contributed by atoms with van der Waals surface area (Å²) in [5.74, 6) is 0. The predicted octanol–water partition coefficient (Wildman–Crippen LogP) is 5.26. The molecule has 0 amide bonds. The maximum Gasteiger partial charge on any atom is 0.125 e. The molecule has 0 bridgehead atoms. The van der Waals surface area contributed by atoms with Gasteiger partial charge >= 0.3 is 0 Å². The lowest BCUT2D eigenvalue weighted by Gasteiger charge is -1.97. The van der Waals surface area contributed by atoms with Crippen LogP contribution in [0.1, 0.15) is 0 Å². The van der Waals surface area contributed by atoms with Gasteiger partial charge in [0.05, 0.1) is 5.52 Å². The van der Waals surface area contributed by atoms with Crippen LogP contribution in [-0.2, 0) is 0 Å². The zero-order valence-corrected chi connectivity index (χ0v) is 10.9. The SMILES string of the molecule is Clc1ccc2sc3nc4ccccc4cc3c2c1. The van der Waals surface area contributed by atoms with Crippen LogP contribution in [0.2, 0.25) is 5.02 Å². The van der Waals surface area contributed by atoms with E-state index in [0.717, 1.165) is 15.4 Å². The third kappa shape index (κ3) is 1.43. The van der Waals surface area contributed by atoms with Gasteiger partial charge in [0.15, 0.2) is 0 Å². The fraction of sp³-hybridized carbons (Fsp3) is 0. The Kier molecular flexibility index (Phi) is 2.10. The predicted molar refractivity (Wildman–Crippen MR) is 79.6 cm³/mol. The van der Waals surface area contributed by atoms with E-state index in [2.05, 4.69) is 18.2 Å². The van der Waals surface area contributed by atoms with Gasteiger partial charge in [0, 0.05) is 25.9 Å². The first kappa shape index (κ1) is 10.3. The molecule has 0 aliphatic rings. The van der Waals surface area contributed by atoms with E-state index in [1.807, 2.05) is 30.3 Å². The van der Waals surface area contributed by atoms with Gasteiger partial charge in [-0.25, -0.2) is 4.98 Å². The molecule has 18 heavy (non-hydrogen) atoms. The van der Waals surface area contributed by atoms with Crippen molar-refractivity contribution >= 4 is 54.1 Å². The smallest absolute Gasteiger partial charge is 0.125 e. The van der Waals surface area contributed by atoms with Crippen molar-refractivity contribution in [2.75, 3.05) is 0 Å². The number of thiophene rings is 1. The fourth-order valence-corrected chi connectivity index (χ4v) is 3.49. The Morgan fingerprint density at radius 1 is 0.944 bits per heavy atom. The van der Waals surface area contributed by atoms with E-state index < -0.39 is 0 Å². The summed E-state index contributed by atoms with van der Waals surface area (Å²) in [5.41, 5.74) is 1.04. The Morgan fingerprint density at radius 3 is 2.78 bits per heavy atom. The second kappa shape index (κ2) is 3.67. The van der Waals surface area contributed by atoms with Gasteiger partial charge in [-0.3, -0.25) is 0 Å². The topological polar surface area (TPSA) is 12.9 Å². The normalized spacial score (nSPS) is 11.6. The highest BCUT2D eigenvalue weighted by atomic mass is 35.5. The number of pyridine rings is 1. The number of para-hydroxylation sites is 1. The lowest BCUT2D eigenvalue weighted by molar-refractivity contribution is 1.54. The number of hydrogen-bond donors (Lipinski definition) is 0. The molecule has 3 heteroatoms. The van der Waals surface area contributed by atoms with Gasteiger partial charge in [0.1, 0.15) is 4.83 Å². The molecule has 0 spiro atoms. The standard InChI is InChI=1S/C15H8ClNS/c16-10-5-6-14-11(8-10)12-7-9-3-1-2-4-13(9)17-15(12)18-14/h1-8H. The number of benzene rings is 2. The molecule has 2 heterocycles. The number of nitrogens with zero attached hydrogens (tertiary/aromatic N) is 1. The van der Waals surface area contributed by atoms with Crippen molar-refractivity contribution in [3.8, 4) is 0 Å². The van der Waals surface area contributed by atoms with Crippen molar-refractivity contribution < 1.29 is 0 Å². The van der Waals surface area contributed by atoms with E-state index in [9.17, 15) is 0 Å². The van der Waals surface area contributed by atoms with E-state index in [1.165, 1.54) is 20.9 Å². The lowest BCUT2D eigenvalue weighted by Crippen LogP contribution is -1.77. The molecule has 4 aromatic rings. The zero-order valence-electron chi connectivity index (χ0n) is 9.35. The van der Waals surface area contributed by atoms with Crippen LogP contribution in [0.3, 0.4) is 0 Å². The first-order valence-corrected chi connectivity index (χ1v) is 6.88. The molecule has 2 aromatic heterocycles. The number of rotatable bonds is 0. The first-order chi connectivity index (χ1) is 8.81. The molecule has 0 saturated carbocycles. The molecule has 2 aromatic carbocycles. The van der Waals surface area contributed by atoms with Crippen molar-refractivity contribution in [2.45, 2.75) is 0 Å². The number of hydrogen-bond acceptors (Lipinski definition) is 2. The number of fused-ring (bicyclic) bond motifs is 4. The van der Waals surface area contributed by atoms with Crippen LogP contribution in [0.4, 0.5) is 0 Å². The van der Waals surface area contributed by atoms with Crippen LogP contribution in [0, 0.1) is 0 Å². The van der Waals surface area contributed by atoms with Crippen LogP contribution < -0.4 is 0 Å². The van der Waals surface area contributed by atoms with Gasteiger partial charge < -0.3 is 0 Å². The van der Waals surface area contributed by atoms with Crippen molar-refractivity contribution in [3.63, 3.8) is 0 Å². The first-order valence-electron chi connectivity index (χ1n) is 5.69. The van der Waals surface area contributed by atoms with Crippen molar-refractivity contribution in [3.05, 3.63) is 53.6 Å². The molecule has 4 rings (SSSR count). The molecule has 0 radical (unpaired) electrons. The van der Waals surface area contributed by atoms with Gasteiger partial charge in [0.2, 0.25) is 0 Å². The number of halogens is 1. The summed E-state index contributed by atoms with van der Waals surface area (Å²) in [5, 5.41) is 4.33. The maximum atomic E-state index is 6.08. The molecule has 0 atom stereocenters. The monoisotopic (exact) mass is 269 g/mol. The zero-order chi connectivity index (χ0) is 12.1. The van der Waals surface area contributed by atoms with Crippen LogP contribution in [-0.4, -0.2) is 4.98 Å². The molecule has 0 aliphatic carbocycles. The summed E-state index contributed by atoms with van der Waals surface area (Å²) in [7, 11) is 0. The minimum Gasteiger partial charge on any atom is -0.237 e. The molecule has 0 saturated heterocycles. The maximum absolute atomic E-state index is 6.08. The van der Waals surface area contributed by atoms with Crippen molar-refractivity contribution in [1.82, 2.24) is 4.98 Å². The third-order valence-corrected chi connectivity index (χ3v) is 4.44. The summed E-state index contributed by atoms with van der Waals surface area (Å²) in [6, 6.07) is 16.4. The molecule has 0 N–H and O–H groups in total. The van der Waals surface area contributed by atoms with Gasteiger partial charge in [0.25, 0.3) is 0 Å². The second-order valence-electron chi connectivity index (χ2n) is 4.28. The average molecular weight is 270 g/mol. The Labute approximate surface area is 113 Å². The summed E-state index contributed by atoms with van der Waals surface area (Å²) in [6.45, 7) is 0. The second-order valence-corrected chi connectivity index (χ2v) is 5.74. The van der Waals surface area contributed by atoms with Gasteiger partial charge in [-0.05, 0) is 30.3 Å². The molecular weight excluding hydrogens is 262 g/mol. The Hall–Kier alpha value is -1.64. The highest BCUT2D eigenvalue weighted by Gasteiger charge is 2.07. The summed E-state index contributed by atoms with van der Waals surface area (Å²) >= 11 is 7.79. The molecule has 0 aliphatic heterocycles. The Balaban J connectivity index is 2.25. The third-order valence-electron chi connectivity index (χ3n) is 3.13. The van der Waals surface area contributed by atoms with Crippen LogP contribution in [0.15, 0.2) is 48.5 Å². The van der Waals surface area contributed by atoms with Crippen molar-refractivity contribution in [1.29, 1.82) is 0 Å². The quantitative estimate of drug-likeness (QED) is 0.424. The highest BCUT2D eigenvalue weighted by Crippen LogP contribution is 2.35. The van der Waals surface area contributed by atoms with Crippen LogP contribution >= 0.6 is 22.9 Å². The van der Waals surface area contributed by atoms with E-state index >= 15 is 0 Å². The summed E-state index contributed by atoms with van der Waals surface area (Å²) < 4.78 is 1.23. The van der Waals surface area contributed by atoms with E-state index in [0.29, 0.717) is 0 Å². The average Bonchev–Trinajstić information content (AvgIpc) is 2.73. The van der Waals surface area contributed by atoms with E-state index in [4.69, 9.17) is 16.6 Å². The van der Waals surface area contributed by atoms with Crippen LogP contribution in [0.5, 0.6) is 0 Å².